The molecule has 0 saturated carbocycles. The van der Waals surface area contributed by atoms with Crippen molar-refractivity contribution in [2.75, 3.05) is 26.7 Å². The fraction of sp³-hybridized carbons (Fsp3) is 0.467. The van der Waals surface area contributed by atoms with Gasteiger partial charge in [-0.25, -0.2) is 9.59 Å². The van der Waals surface area contributed by atoms with E-state index in [0.29, 0.717) is 32.8 Å². The summed E-state index contributed by atoms with van der Waals surface area (Å²) in [5.41, 5.74) is 3.24. The topological polar surface area (TPSA) is 154 Å². The molecule has 0 saturated heterocycles. The van der Waals surface area contributed by atoms with E-state index >= 15 is 0 Å². The molecule has 41 heavy (non-hydrogen) atoms. The van der Waals surface area contributed by atoms with E-state index in [1.807, 2.05) is 29.2 Å². The van der Waals surface area contributed by atoms with Crippen LogP contribution in [0.15, 0.2) is 48.5 Å². The molecule has 4 amide bonds. The van der Waals surface area contributed by atoms with Crippen LogP contribution in [0, 0.1) is 10.8 Å². The molecule has 1 aliphatic rings. The highest BCUT2D eigenvalue weighted by atomic mass is 16.5. The molecule has 11 heteroatoms. The van der Waals surface area contributed by atoms with E-state index in [-0.39, 0.29) is 18.0 Å². The molecule has 3 rings (SSSR count). The van der Waals surface area contributed by atoms with Gasteiger partial charge in [0.25, 0.3) is 0 Å². The first-order valence-corrected chi connectivity index (χ1v) is 14.4. The van der Waals surface area contributed by atoms with Crippen molar-refractivity contribution in [1.82, 2.24) is 31.5 Å². The third-order valence-corrected chi connectivity index (χ3v) is 6.85. The first-order chi connectivity index (χ1) is 19.9. The number of ether oxygens (including phenoxy) is 1. The minimum atomic E-state index is -0.409. The van der Waals surface area contributed by atoms with Crippen molar-refractivity contribution in [2.24, 2.45) is 0 Å². The van der Waals surface area contributed by atoms with Crippen LogP contribution in [0.5, 0.6) is 5.75 Å². The van der Waals surface area contributed by atoms with Crippen molar-refractivity contribution in [1.29, 1.82) is 10.8 Å². The van der Waals surface area contributed by atoms with Gasteiger partial charge in [0.05, 0.1) is 0 Å². The Morgan fingerprint density at radius 3 is 2.61 bits per heavy atom. The third kappa shape index (κ3) is 11.8. The first-order valence-electron chi connectivity index (χ1n) is 14.4. The molecular weight excluding hydrogens is 520 g/mol. The van der Waals surface area contributed by atoms with Gasteiger partial charge < -0.3 is 25.6 Å². The number of guanidine groups is 2. The zero-order chi connectivity index (χ0) is 29.3. The summed E-state index contributed by atoms with van der Waals surface area (Å²) < 4.78 is 6.08. The van der Waals surface area contributed by atoms with Crippen molar-refractivity contribution >= 4 is 24.0 Å². The molecule has 2 aromatic carbocycles. The van der Waals surface area contributed by atoms with E-state index in [1.165, 1.54) is 12.6 Å². The quantitative estimate of drug-likeness (QED) is 0.139. The lowest BCUT2D eigenvalue weighted by Crippen LogP contribution is -2.47. The number of nitrogens with zero attached hydrogens (tertiary/aromatic N) is 1. The molecule has 0 spiro atoms. The second-order valence-corrected chi connectivity index (χ2v) is 10.1. The standard InChI is InChI=1S/C30H44N8O3/c1-33-29(39)36-27(31)34-17-8-4-2-3-5-9-18-38-19-11-14-23-12-10-13-24(20-23)22-41-26-16-7-6-15-25(26)21-35-28(32)37-30(38)40/h6-7,10,12-13,15-16,20H,2-5,8-9,11,14,17-19,21-22H2,1H3,(H3,32,35,37,40)(H4,31,33,34,36,39). The minimum absolute atomic E-state index is 0.000701. The molecule has 0 aromatic heterocycles. The highest BCUT2D eigenvalue weighted by Crippen LogP contribution is 2.20. The van der Waals surface area contributed by atoms with Gasteiger partial charge in [-0.2, -0.15) is 0 Å². The van der Waals surface area contributed by atoms with E-state index in [4.69, 9.17) is 15.6 Å². The molecule has 2 aromatic rings. The normalized spacial score (nSPS) is 14.1. The number of para-hydroxylation sites is 1. The number of carbonyl (C=O) groups excluding carboxylic acids is 2. The molecule has 0 atom stereocenters. The summed E-state index contributed by atoms with van der Waals surface area (Å²) in [5, 5.41) is 29.3. The molecule has 1 heterocycles. The summed E-state index contributed by atoms with van der Waals surface area (Å²) in [6, 6.07) is 15.5. The highest BCUT2D eigenvalue weighted by molar-refractivity contribution is 5.95. The van der Waals surface area contributed by atoms with Gasteiger partial charge in [0.2, 0.25) is 0 Å². The summed E-state index contributed by atoms with van der Waals surface area (Å²) >= 11 is 0. The number of urea groups is 2. The van der Waals surface area contributed by atoms with Crippen LogP contribution < -0.4 is 31.3 Å². The van der Waals surface area contributed by atoms with Gasteiger partial charge in [-0.1, -0.05) is 68.1 Å². The first kappa shape index (κ1) is 31.3. The number of rotatable bonds is 9. The Morgan fingerprint density at radius 1 is 1.02 bits per heavy atom. The van der Waals surface area contributed by atoms with E-state index in [9.17, 15) is 9.59 Å². The lowest BCUT2D eigenvalue weighted by molar-refractivity contribution is 0.200. The van der Waals surface area contributed by atoms with E-state index < -0.39 is 6.03 Å². The lowest BCUT2D eigenvalue weighted by Gasteiger charge is -2.24. The number of unbranched alkanes of at least 4 members (excludes halogenated alkanes) is 5. The number of fused-ring (bicyclic) bond motifs is 3. The Morgan fingerprint density at radius 2 is 1.78 bits per heavy atom. The van der Waals surface area contributed by atoms with Gasteiger partial charge in [0.15, 0.2) is 11.9 Å². The van der Waals surface area contributed by atoms with E-state index in [1.54, 1.807) is 0 Å². The maximum atomic E-state index is 13.1. The number of amides is 4. The molecule has 222 valence electrons. The fourth-order valence-corrected chi connectivity index (χ4v) is 4.60. The van der Waals surface area contributed by atoms with Crippen LogP contribution in [0.3, 0.4) is 0 Å². The molecule has 2 bridgehead atoms. The van der Waals surface area contributed by atoms with Crippen LogP contribution in [-0.4, -0.2) is 55.6 Å². The Labute approximate surface area is 242 Å². The lowest BCUT2D eigenvalue weighted by atomic mass is 10.1. The van der Waals surface area contributed by atoms with Crippen molar-refractivity contribution in [2.45, 2.75) is 64.5 Å². The maximum absolute atomic E-state index is 13.1. The molecular formula is C30H44N8O3. The molecule has 0 radical (unpaired) electrons. The molecule has 7 N–H and O–H groups in total. The maximum Gasteiger partial charge on any atom is 0.324 e. The second-order valence-electron chi connectivity index (χ2n) is 10.1. The van der Waals surface area contributed by atoms with Gasteiger partial charge in [-0.3, -0.25) is 21.5 Å². The van der Waals surface area contributed by atoms with Gasteiger partial charge in [0.1, 0.15) is 12.4 Å². The van der Waals surface area contributed by atoms with Crippen LogP contribution in [-0.2, 0) is 19.6 Å². The van der Waals surface area contributed by atoms with Gasteiger partial charge in [-0.05, 0) is 42.9 Å². The largest absolute Gasteiger partial charge is 0.489 e. The Balaban J connectivity index is 1.46. The van der Waals surface area contributed by atoms with Crippen molar-refractivity contribution < 1.29 is 14.3 Å². The van der Waals surface area contributed by atoms with Gasteiger partial charge in [0, 0.05) is 38.8 Å². The predicted molar refractivity (Wildman–Crippen MR) is 161 cm³/mol. The van der Waals surface area contributed by atoms with Crippen LogP contribution in [0.1, 0.15) is 61.6 Å². The van der Waals surface area contributed by atoms with Crippen molar-refractivity contribution in [3.8, 4) is 5.75 Å². The molecule has 1 aliphatic heterocycles. The molecule has 0 aliphatic carbocycles. The summed E-state index contributed by atoms with van der Waals surface area (Å²) in [6.45, 7) is 2.74. The zero-order valence-corrected chi connectivity index (χ0v) is 24.0. The number of hydrogen-bond acceptors (Lipinski definition) is 5. The molecule has 11 nitrogen and oxygen atoms in total. The molecule has 0 unspecified atom stereocenters. The predicted octanol–water partition coefficient (Wildman–Crippen LogP) is 4.04. The van der Waals surface area contributed by atoms with Crippen molar-refractivity contribution in [3.05, 3.63) is 65.2 Å². The Kier molecular flexibility index (Phi) is 13.3. The average Bonchev–Trinajstić information content (AvgIpc) is 2.97. The number of carbonyl (C=O) groups is 2. The molecule has 0 fully saturated rings. The number of aryl methyl sites for hydroxylation is 1. The van der Waals surface area contributed by atoms with Gasteiger partial charge >= 0.3 is 12.1 Å². The minimum Gasteiger partial charge on any atom is -0.489 e. The summed E-state index contributed by atoms with van der Waals surface area (Å²) in [4.78, 5) is 26.1. The smallest absolute Gasteiger partial charge is 0.324 e. The van der Waals surface area contributed by atoms with Crippen LogP contribution in [0.2, 0.25) is 0 Å². The summed E-state index contributed by atoms with van der Waals surface area (Å²) in [7, 11) is 1.51. The van der Waals surface area contributed by atoms with Gasteiger partial charge in [-0.15, -0.1) is 0 Å². The monoisotopic (exact) mass is 564 g/mol. The Bertz CT molecular complexity index is 1160. The average molecular weight is 565 g/mol. The SMILES string of the molecule is CNC(=O)NC(=N)NCCCCCCCCN1CCCc2cccc(c2)COc2ccccc2CNC(=N)NC1=O. The zero-order valence-electron chi connectivity index (χ0n) is 24.0. The van der Waals surface area contributed by atoms with Crippen LogP contribution in [0.4, 0.5) is 9.59 Å². The summed E-state index contributed by atoms with van der Waals surface area (Å²) in [5.74, 6) is 0.729. The van der Waals surface area contributed by atoms with Crippen molar-refractivity contribution in [3.63, 3.8) is 0 Å². The number of hydrogen-bond donors (Lipinski definition) is 7. The summed E-state index contributed by atoms with van der Waals surface area (Å²) in [6.07, 6.45) is 7.67. The fourth-order valence-electron chi connectivity index (χ4n) is 4.60. The highest BCUT2D eigenvalue weighted by Gasteiger charge is 2.15. The number of benzene rings is 2. The van der Waals surface area contributed by atoms with E-state index in [2.05, 4.69) is 50.8 Å². The van der Waals surface area contributed by atoms with Crippen LogP contribution >= 0.6 is 0 Å². The van der Waals surface area contributed by atoms with Crippen LogP contribution in [0.25, 0.3) is 0 Å². The number of nitrogens with one attached hydrogen (secondary N) is 7. The third-order valence-electron chi connectivity index (χ3n) is 6.85. The van der Waals surface area contributed by atoms with E-state index in [0.717, 1.165) is 68.2 Å². The second kappa shape index (κ2) is 17.4. The Hall–Kier alpha value is -4.28.